The SMILES string of the molecule is CC#CCCC(=O)c1ccc(SCC)cc1. The maximum atomic E-state index is 11.7. The number of Topliss-reactive ketones (excluding diaryl/α,β-unsaturated/α-hetero) is 1. The van der Waals surface area contributed by atoms with Crippen LogP contribution in [0.2, 0.25) is 0 Å². The van der Waals surface area contributed by atoms with Crippen LogP contribution in [0.3, 0.4) is 0 Å². The van der Waals surface area contributed by atoms with Gasteiger partial charge < -0.3 is 0 Å². The lowest BCUT2D eigenvalue weighted by molar-refractivity contribution is 0.0984. The first-order valence-electron chi connectivity index (χ1n) is 5.43. The second-order valence-corrected chi connectivity index (χ2v) is 4.64. The van der Waals surface area contributed by atoms with Gasteiger partial charge >= 0.3 is 0 Å². The Morgan fingerprint density at radius 1 is 1.31 bits per heavy atom. The summed E-state index contributed by atoms with van der Waals surface area (Å²) in [4.78, 5) is 12.9. The molecule has 0 aliphatic carbocycles. The van der Waals surface area contributed by atoms with Gasteiger partial charge in [-0.15, -0.1) is 23.6 Å². The van der Waals surface area contributed by atoms with Crippen molar-refractivity contribution in [1.29, 1.82) is 0 Å². The predicted molar refractivity (Wildman–Crippen MR) is 69.9 cm³/mol. The summed E-state index contributed by atoms with van der Waals surface area (Å²) >= 11 is 1.78. The number of carbonyl (C=O) groups is 1. The van der Waals surface area contributed by atoms with Crippen LogP contribution in [0.4, 0.5) is 0 Å². The maximum Gasteiger partial charge on any atom is 0.163 e. The lowest BCUT2D eigenvalue weighted by atomic mass is 10.1. The molecular formula is C14H16OS. The minimum atomic E-state index is 0.177. The third-order valence-corrected chi connectivity index (χ3v) is 3.04. The Labute approximate surface area is 102 Å². The summed E-state index contributed by atoms with van der Waals surface area (Å²) in [6.07, 6.45) is 1.17. The van der Waals surface area contributed by atoms with E-state index in [2.05, 4.69) is 18.8 Å². The number of ketones is 1. The zero-order chi connectivity index (χ0) is 11.8. The van der Waals surface area contributed by atoms with Gasteiger partial charge in [-0.05, 0) is 24.8 Å². The highest BCUT2D eigenvalue weighted by Crippen LogP contribution is 2.18. The fourth-order valence-corrected chi connectivity index (χ4v) is 2.01. The molecule has 0 radical (unpaired) electrons. The standard InChI is InChI=1S/C14H16OS/c1-3-5-6-7-14(15)12-8-10-13(11-9-12)16-4-2/h8-11H,4,6-7H2,1-2H3. The normalized spacial score (nSPS) is 9.38. The van der Waals surface area contributed by atoms with E-state index < -0.39 is 0 Å². The topological polar surface area (TPSA) is 17.1 Å². The first-order chi connectivity index (χ1) is 7.77. The summed E-state index contributed by atoms with van der Waals surface area (Å²) in [7, 11) is 0. The van der Waals surface area contributed by atoms with Crippen LogP contribution in [0.15, 0.2) is 29.2 Å². The van der Waals surface area contributed by atoms with E-state index in [1.807, 2.05) is 24.3 Å². The van der Waals surface area contributed by atoms with Gasteiger partial charge in [0.25, 0.3) is 0 Å². The second-order valence-electron chi connectivity index (χ2n) is 3.31. The largest absolute Gasteiger partial charge is 0.294 e. The molecule has 16 heavy (non-hydrogen) atoms. The van der Waals surface area contributed by atoms with Gasteiger partial charge in [0.15, 0.2) is 5.78 Å². The molecule has 0 N–H and O–H groups in total. The van der Waals surface area contributed by atoms with Crippen LogP contribution in [0.5, 0.6) is 0 Å². The van der Waals surface area contributed by atoms with Crippen molar-refractivity contribution in [3.63, 3.8) is 0 Å². The van der Waals surface area contributed by atoms with Crippen molar-refractivity contribution >= 4 is 17.5 Å². The van der Waals surface area contributed by atoms with E-state index in [1.54, 1.807) is 18.7 Å². The summed E-state index contributed by atoms with van der Waals surface area (Å²) in [6.45, 7) is 3.91. The first-order valence-corrected chi connectivity index (χ1v) is 6.42. The molecule has 1 aromatic rings. The highest BCUT2D eigenvalue weighted by molar-refractivity contribution is 7.99. The molecule has 84 valence electrons. The molecule has 0 atom stereocenters. The zero-order valence-electron chi connectivity index (χ0n) is 9.75. The molecular weight excluding hydrogens is 216 g/mol. The molecule has 1 aromatic carbocycles. The van der Waals surface area contributed by atoms with E-state index in [9.17, 15) is 4.79 Å². The molecule has 0 amide bonds. The maximum absolute atomic E-state index is 11.7. The molecule has 1 nitrogen and oxygen atoms in total. The third kappa shape index (κ3) is 4.12. The average Bonchev–Trinajstić information content (AvgIpc) is 2.30. The van der Waals surface area contributed by atoms with Gasteiger partial charge in [-0.2, -0.15) is 0 Å². The van der Waals surface area contributed by atoms with Crippen LogP contribution < -0.4 is 0 Å². The van der Waals surface area contributed by atoms with Crippen LogP contribution in [0.25, 0.3) is 0 Å². The van der Waals surface area contributed by atoms with E-state index >= 15 is 0 Å². The second kappa shape index (κ2) is 7.14. The highest BCUT2D eigenvalue weighted by Gasteiger charge is 2.04. The minimum Gasteiger partial charge on any atom is -0.294 e. The summed E-state index contributed by atoms with van der Waals surface area (Å²) in [6, 6.07) is 7.82. The molecule has 2 heteroatoms. The first kappa shape index (κ1) is 12.9. The van der Waals surface area contributed by atoms with Gasteiger partial charge in [0.2, 0.25) is 0 Å². The Hall–Kier alpha value is -1.20. The van der Waals surface area contributed by atoms with Crippen LogP contribution in [-0.2, 0) is 0 Å². The number of hydrogen-bond donors (Lipinski definition) is 0. The number of benzene rings is 1. The van der Waals surface area contributed by atoms with Crippen LogP contribution in [0.1, 0.15) is 37.0 Å². The van der Waals surface area contributed by atoms with Crippen molar-refractivity contribution in [1.82, 2.24) is 0 Å². The summed E-state index contributed by atoms with van der Waals surface area (Å²) < 4.78 is 0. The van der Waals surface area contributed by atoms with E-state index in [1.165, 1.54) is 4.90 Å². The molecule has 0 heterocycles. The van der Waals surface area contributed by atoms with Gasteiger partial charge in [-0.3, -0.25) is 4.79 Å². The van der Waals surface area contributed by atoms with E-state index in [0.717, 1.165) is 11.3 Å². The molecule has 0 bridgehead atoms. The number of carbonyl (C=O) groups excluding carboxylic acids is 1. The van der Waals surface area contributed by atoms with Crippen molar-refractivity contribution in [2.45, 2.75) is 31.6 Å². The Morgan fingerprint density at radius 3 is 2.56 bits per heavy atom. The van der Waals surface area contributed by atoms with Crippen LogP contribution in [0, 0.1) is 11.8 Å². The lowest BCUT2D eigenvalue weighted by Gasteiger charge is -2.01. The quantitative estimate of drug-likeness (QED) is 0.436. The predicted octanol–water partition coefficient (Wildman–Crippen LogP) is 3.78. The number of thioether (sulfide) groups is 1. The highest BCUT2D eigenvalue weighted by atomic mass is 32.2. The van der Waals surface area contributed by atoms with E-state index in [-0.39, 0.29) is 5.78 Å². The van der Waals surface area contributed by atoms with Gasteiger partial charge in [-0.25, -0.2) is 0 Å². The molecule has 0 saturated carbocycles. The van der Waals surface area contributed by atoms with Crippen LogP contribution in [-0.4, -0.2) is 11.5 Å². The van der Waals surface area contributed by atoms with Crippen molar-refractivity contribution in [3.05, 3.63) is 29.8 Å². The van der Waals surface area contributed by atoms with Gasteiger partial charge in [0.05, 0.1) is 0 Å². The average molecular weight is 232 g/mol. The summed E-state index contributed by atoms with van der Waals surface area (Å²) in [5, 5.41) is 0. The smallest absolute Gasteiger partial charge is 0.163 e. The van der Waals surface area contributed by atoms with E-state index in [4.69, 9.17) is 0 Å². The van der Waals surface area contributed by atoms with Gasteiger partial charge in [0, 0.05) is 23.3 Å². The monoisotopic (exact) mass is 232 g/mol. The van der Waals surface area contributed by atoms with E-state index in [0.29, 0.717) is 12.8 Å². The van der Waals surface area contributed by atoms with Gasteiger partial charge in [-0.1, -0.05) is 19.1 Å². The fourth-order valence-electron chi connectivity index (χ4n) is 1.35. The molecule has 0 unspecified atom stereocenters. The molecule has 0 spiro atoms. The van der Waals surface area contributed by atoms with Crippen molar-refractivity contribution < 1.29 is 4.79 Å². The molecule has 0 saturated heterocycles. The van der Waals surface area contributed by atoms with Crippen molar-refractivity contribution in [2.24, 2.45) is 0 Å². The number of rotatable bonds is 5. The number of hydrogen-bond acceptors (Lipinski definition) is 2. The molecule has 0 aliphatic rings. The Kier molecular flexibility index (Phi) is 5.74. The minimum absolute atomic E-state index is 0.177. The lowest BCUT2D eigenvalue weighted by Crippen LogP contribution is -1.97. The fraction of sp³-hybridized carbons (Fsp3) is 0.357. The molecule has 0 fully saturated rings. The Bertz CT molecular complexity index is 395. The molecule has 1 rings (SSSR count). The molecule has 0 aromatic heterocycles. The zero-order valence-corrected chi connectivity index (χ0v) is 10.6. The summed E-state index contributed by atoms with van der Waals surface area (Å²) in [5.74, 6) is 6.93. The summed E-state index contributed by atoms with van der Waals surface area (Å²) in [5.41, 5.74) is 0.790. The Morgan fingerprint density at radius 2 is 2.00 bits per heavy atom. The Balaban J connectivity index is 2.58. The third-order valence-electron chi connectivity index (χ3n) is 2.14. The van der Waals surface area contributed by atoms with Gasteiger partial charge in [0.1, 0.15) is 0 Å². The van der Waals surface area contributed by atoms with Crippen LogP contribution >= 0.6 is 11.8 Å². The molecule has 0 aliphatic heterocycles. The van der Waals surface area contributed by atoms with Crippen molar-refractivity contribution in [3.8, 4) is 11.8 Å². The van der Waals surface area contributed by atoms with Crippen molar-refractivity contribution in [2.75, 3.05) is 5.75 Å².